The van der Waals surface area contributed by atoms with Gasteiger partial charge in [0.2, 0.25) is 5.91 Å². The van der Waals surface area contributed by atoms with Crippen LogP contribution in [0.2, 0.25) is 0 Å². The smallest absolute Gasteiger partial charge is 0.224 e. The van der Waals surface area contributed by atoms with Crippen molar-refractivity contribution in [3.05, 3.63) is 24.3 Å². The molecule has 4 heteroatoms. The monoisotopic (exact) mass is 289 g/mol. The number of carbonyl (C=O) groups is 1. The molecule has 1 aliphatic rings. The van der Waals surface area contributed by atoms with Crippen molar-refractivity contribution < 1.29 is 4.79 Å². The SMILES string of the molecule is NCCCCC(=O)Nc1ccc(N2CCCCCC2)cc1. The molecule has 0 aliphatic carbocycles. The molecule has 0 saturated carbocycles. The van der Waals surface area contributed by atoms with E-state index >= 15 is 0 Å². The highest BCUT2D eigenvalue weighted by atomic mass is 16.1. The lowest BCUT2D eigenvalue weighted by Gasteiger charge is -2.22. The molecular weight excluding hydrogens is 262 g/mol. The van der Waals surface area contributed by atoms with Gasteiger partial charge < -0.3 is 16.0 Å². The van der Waals surface area contributed by atoms with Crippen LogP contribution in [-0.2, 0) is 4.79 Å². The predicted octanol–water partition coefficient (Wildman–Crippen LogP) is 3.13. The highest BCUT2D eigenvalue weighted by Crippen LogP contribution is 2.21. The molecule has 0 spiro atoms. The maximum absolute atomic E-state index is 11.8. The topological polar surface area (TPSA) is 58.4 Å². The van der Waals surface area contributed by atoms with Crippen molar-refractivity contribution in [2.45, 2.75) is 44.9 Å². The van der Waals surface area contributed by atoms with Gasteiger partial charge >= 0.3 is 0 Å². The fourth-order valence-corrected chi connectivity index (χ4v) is 2.74. The lowest BCUT2D eigenvalue weighted by molar-refractivity contribution is -0.116. The molecule has 116 valence electrons. The molecule has 0 radical (unpaired) electrons. The lowest BCUT2D eigenvalue weighted by atomic mass is 10.2. The Hall–Kier alpha value is -1.55. The Labute approximate surface area is 127 Å². The van der Waals surface area contributed by atoms with Crippen molar-refractivity contribution in [2.75, 3.05) is 29.9 Å². The van der Waals surface area contributed by atoms with Crippen LogP contribution < -0.4 is 16.0 Å². The molecule has 1 saturated heterocycles. The van der Waals surface area contributed by atoms with Gasteiger partial charge in [0.25, 0.3) is 0 Å². The van der Waals surface area contributed by atoms with Crippen molar-refractivity contribution in [2.24, 2.45) is 5.73 Å². The van der Waals surface area contributed by atoms with Crippen molar-refractivity contribution in [3.63, 3.8) is 0 Å². The summed E-state index contributed by atoms with van der Waals surface area (Å²) >= 11 is 0. The number of rotatable bonds is 6. The molecule has 0 atom stereocenters. The first-order valence-corrected chi connectivity index (χ1v) is 8.14. The summed E-state index contributed by atoms with van der Waals surface area (Å²) in [6, 6.07) is 8.23. The predicted molar refractivity (Wildman–Crippen MR) is 88.7 cm³/mol. The molecule has 4 nitrogen and oxygen atoms in total. The van der Waals surface area contributed by atoms with Gasteiger partial charge in [-0.25, -0.2) is 0 Å². The minimum absolute atomic E-state index is 0.0750. The van der Waals surface area contributed by atoms with Crippen molar-refractivity contribution in [3.8, 4) is 0 Å². The maximum Gasteiger partial charge on any atom is 0.224 e. The summed E-state index contributed by atoms with van der Waals surface area (Å²) in [6.45, 7) is 2.94. The molecule has 2 rings (SSSR count). The fourth-order valence-electron chi connectivity index (χ4n) is 2.74. The number of anilines is 2. The first kappa shape index (κ1) is 15.8. The number of hydrogen-bond acceptors (Lipinski definition) is 3. The van der Waals surface area contributed by atoms with Crippen LogP contribution in [-0.4, -0.2) is 25.5 Å². The molecule has 1 heterocycles. The Bertz CT molecular complexity index is 422. The average Bonchev–Trinajstić information content (AvgIpc) is 2.77. The maximum atomic E-state index is 11.8. The summed E-state index contributed by atoms with van der Waals surface area (Å²) in [5.74, 6) is 0.0750. The molecule has 1 fully saturated rings. The van der Waals surface area contributed by atoms with E-state index in [-0.39, 0.29) is 5.91 Å². The second-order valence-corrected chi connectivity index (χ2v) is 5.74. The molecule has 0 unspecified atom stereocenters. The van der Waals surface area contributed by atoms with E-state index in [1.807, 2.05) is 12.1 Å². The number of benzene rings is 1. The quantitative estimate of drug-likeness (QED) is 0.791. The Morgan fingerprint density at radius 2 is 1.71 bits per heavy atom. The van der Waals surface area contributed by atoms with Gasteiger partial charge in [-0.15, -0.1) is 0 Å². The van der Waals surface area contributed by atoms with E-state index in [0.717, 1.165) is 31.6 Å². The van der Waals surface area contributed by atoms with E-state index in [0.29, 0.717) is 13.0 Å². The number of unbranched alkanes of at least 4 members (excludes halogenated alkanes) is 1. The summed E-state index contributed by atoms with van der Waals surface area (Å²) in [5.41, 5.74) is 7.57. The second-order valence-electron chi connectivity index (χ2n) is 5.74. The summed E-state index contributed by atoms with van der Waals surface area (Å²) in [4.78, 5) is 14.2. The molecule has 0 bridgehead atoms. The fraction of sp³-hybridized carbons (Fsp3) is 0.588. The lowest BCUT2D eigenvalue weighted by Crippen LogP contribution is -2.23. The van der Waals surface area contributed by atoms with Gasteiger partial charge in [-0.3, -0.25) is 4.79 Å². The Morgan fingerprint density at radius 3 is 2.33 bits per heavy atom. The average molecular weight is 289 g/mol. The molecule has 1 aromatic carbocycles. The highest BCUT2D eigenvalue weighted by Gasteiger charge is 2.10. The van der Waals surface area contributed by atoms with Crippen LogP contribution in [0.5, 0.6) is 0 Å². The molecule has 1 aliphatic heterocycles. The van der Waals surface area contributed by atoms with E-state index in [2.05, 4.69) is 22.3 Å². The standard InChI is InChI=1S/C17H27N3O/c18-12-4-3-7-17(21)19-15-8-10-16(11-9-15)20-13-5-1-2-6-14-20/h8-11H,1-7,12-14,18H2,(H,19,21). The van der Waals surface area contributed by atoms with Gasteiger partial charge in [0.05, 0.1) is 0 Å². The van der Waals surface area contributed by atoms with Crippen molar-refractivity contribution in [1.82, 2.24) is 0 Å². The number of nitrogens with two attached hydrogens (primary N) is 1. The van der Waals surface area contributed by atoms with E-state index < -0.39 is 0 Å². The molecule has 1 amide bonds. The van der Waals surface area contributed by atoms with Gasteiger partial charge in [-0.2, -0.15) is 0 Å². The van der Waals surface area contributed by atoms with Crippen LogP contribution in [0.1, 0.15) is 44.9 Å². The Balaban J connectivity index is 1.84. The third kappa shape index (κ3) is 5.38. The van der Waals surface area contributed by atoms with Gasteiger partial charge in [0, 0.05) is 30.9 Å². The van der Waals surface area contributed by atoms with Crippen LogP contribution >= 0.6 is 0 Å². The first-order valence-electron chi connectivity index (χ1n) is 8.14. The third-order valence-electron chi connectivity index (χ3n) is 3.98. The summed E-state index contributed by atoms with van der Waals surface area (Å²) in [6.07, 6.45) is 7.54. The number of amides is 1. The van der Waals surface area contributed by atoms with Crippen LogP contribution in [0.4, 0.5) is 11.4 Å². The molecule has 0 aromatic heterocycles. The van der Waals surface area contributed by atoms with E-state index in [1.54, 1.807) is 0 Å². The summed E-state index contributed by atoms with van der Waals surface area (Å²) in [5, 5.41) is 2.95. The Morgan fingerprint density at radius 1 is 1.05 bits per heavy atom. The zero-order valence-electron chi connectivity index (χ0n) is 12.8. The third-order valence-corrected chi connectivity index (χ3v) is 3.98. The zero-order valence-corrected chi connectivity index (χ0v) is 12.8. The van der Waals surface area contributed by atoms with Crippen LogP contribution in [0.15, 0.2) is 24.3 Å². The van der Waals surface area contributed by atoms with Gasteiger partial charge in [0.1, 0.15) is 0 Å². The number of carbonyl (C=O) groups excluding carboxylic acids is 1. The molecular formula is C17H27N3O. The van der Waals surface area contributed by atoms with Crippen LogP contribution in [0.3, 0.4) is 0 Å². The summed E-state index contributed by atoms with van der Waals surface area (Å²) in [7, 11) is 0. The molecule has 21 heavy (non-hydrogen) atoms. The zero-order chi connectivity index (χ0) is 14.9. The van der Waals surface area contributed by atoms with Crippen molar-refractivity contribution >= 4 is 17.3 Å². The number of nitrogens with one attached hydrogen (secondary N) is 1. The minimum Gasteiger partial charge on any atom is -0.372 e. The largest absolute Gasteiger partial charge is 0.372 e. The molecule has 1 aromatic rings. The first-order chi connectivity index (χ1) is 10.3. The van der Waals surface area contributed by atoms with E-state index in [9.17, 15) is 4.79 Å². The van der Waals surface area contributed by atoms with Crippen LogP contribution in [0, 0.1) is 0 Å². The number of nitrogens with zero attached hydrogens (tertiary/aromatic N) is 1. The molecule has 3 N–H and O–H groups in total. The summed E-state index contributed by atoms with van der Waals surface area (Å²) < 4.78 is 0. The van der Waals surface area contributed by atoms with Crippen molar-refractivity contribution in [1.29, 1.82) is 0 Å². The highest BCUT2D eigenvalue weighted by molar-refractivity contribution is 5.90. The van der Waals surface area contributed by atoms with E-state index in [1.165, 1.54) is 31.4 Å². The van der Waals surface area contributed by atoms with E-state index in [4.69, 9.17) is 5.73 Å². The van der Waals surface area contributed by atoms with Crippen LogP contribution in [0.25, 0.3) is 0 Å². The number of hydrogen-bond donors (Lipinski definition) is 2. The minimum atomic E-state index is 0.0750. The second kappa shape index (κ2) is 8.67. The van der Waals surface area contributed by atoms with Gasteiger partial charge in [-0.1, -0.05) is 12.8 Å². The normalized spacial score (nSPS) is 15.6. The Kier molecular flexibility index (Phi) is 6.54. The van der Waals surface area contributed by atoms with Gasteiger partial charge in [-0.05, 0) is 56.5 Å². The van der Waals surface area contributed by atoms with Gasteiger partial charge in [0.15, 0.2) is 0 Å².